The summed E-state index contributed by atoms with van der Waals surface area (Å²) in [5.74, 6) is -0.286. The number of sulfone groups is 1. The number of hydrogen-bond donors (Lipinski definition) is 0. The Morgan fingerprint density at radius 2 is 1.84 bits per heavy atom. The van der Waals surface area contributed by atoms with Crippen molar-refractivity contribution < 1.29 is 21.6 Å². The quantitative estimate of drug-likeness (QED) is 0.540. The minimum Gasteiger partial charge on any atom is -0.299 e. The van der Waals surface area contributed by atoms with Gasteiger partial charge in [0.25, 0.3) is 0 Å². The van der Waals surface area contributed by atoms with Crippen molar-refractivity contribution >= 4 is 9.84 Å². The summed E-state index contributed by atoms with van der Waals surface area (Å²) in [6.45, 7) is 3.96. The molecule has 0 aliphatic carbocycles. The van der Waals surface area contributed by atoms with E-state index in [9.17, 15) is 21.6 Å². The van der Waals surface area contributed by atoms with Gasteiger partial charge in [-0.1, -0.05) is 24.3 Å². The zero-order chi connectivity index (χ0) is 22.9. The van der Waals surface area contributed by atoms with Crippen LogP contribution in [0.5, 0.6) is 0 Å². The zero-order valence-electron chi connectivity index (χ0n) is 17.6. The number of halogens is 3. The maximum atomic E-state index is 13.0. The fraction of sp³-hybridized carbons (Fsp3) is 0.348. The molecule has 2 heterocycles. The van der Waals surface area contributed by atoms with Gasteiger partial charge in [-0.05, 0) is 56.1 Å². The van der Waals surface area contributed by atoms with Gasteiger partial charge in [0.05, 0.1) is 28.1 Å². The summed E-state index contributed by atoms with van der Waals surface area (Å²) in [4.78, 5) is 1.90. The van der Waals surface area contributed by atoms with E-state index < -0.39 is 21.6 Å². The van der Waals surface area contributed by atoms with E-state index in [1.807, 2.05) is 48.1 Å². The lowest BCUT2D eigenvalue weighted by atomic mass is 10.2. The second-order valence-electron chi connectivity index (χ2n) is 8.20. The Hall–Kier alpha value is -2.65. The zero-order valence-corrected chi connectivity index (χ0v) is 18.4. The first-order chi connectivity index (χ1) is 15.1. The Morgan fingerprint density at radius 1 is 1.09 bits per heavy atom. The molecule has 1 aliphatic heterocycles. The molecule has 4 rings (SSSR count). The van der Waals surface area contributed by atoms with Crippen LogP contribution < -0.4 is 0 Å². The van der Waals surface area contributed by atoms with Crippen LogP contribution in [-0.2, 0) is 22.6 Å². The lowest BCUT2D eigenvalue weighted by Crippen LogP contribution is -2.23. The maximum Gasteiger partial charge on any atom is 0.416 e. The molecule has 32 heavy (non-hydrogen) atoms. The number of aromatic nitrogens is 2. The van der Waals surface area contributed by atoms with Crippen LogP contribution in [0.3, 0.4) is 0 Å². The van der Waals surface area contributed by atoms with Gasteiger partial charge in [-0.15, -0.1) is 0 Å². The molecule has 170 valence electrons. The molecule has 0 unspecified atom stereocenters. The maximum absolute atomic E-state index is 13.0. The second-order valence-corrected chi connectivity index (χ2v) is 10.2. The monoisotopic (exact) mass is 463 g/mol. The first-order valence-electron chi connectivity index (χ1n) is 10.3. The van der Waals surface area contributed by atoms with Crippen molar-refractivity contribution in [1.82, 2.24) is 14.7 Å². The highest BCUT2D eigenvalue weighted by atomic mass is 32.2. The Balaban J connectivity index is 1.41. The van der Waals surface area contributed by atoms with Crippen LogP contribution in [0.15, 0.2) is 65.7 Å². The third-order valence-corrected chi connectivity index (χ3v) is 7.73. The molecule has 0 spiro atoms. The van der Waals surface area contributed by atoms with Crippen molar-refractivity contribution in [3.8, 4) is 5.69 Å². The number of benzene rings is 2. The Labute approximate surface area is 185 Å². The van der Waals surface area contributed by atoms with Gasteiger partial charge in [-0.2, -0.15) is 18.3 Å². The van der Waals surface area contributed by atoms with Crippen molar-refractivity contribution in [2.45, 2.75) is 31.0 Å². The van der Waals surface area contributed by atoms with Gasteiger partial charge < -0.3 is 0 Å². The van der Waals surface area contributed by atoms with Crippen molar-refractivity contribution in [3.05, 3.63) is 77.6 Å². The molecule has 9 heteroatoms. The Bertz CT molecular complexity index is 1190. The van der Waals surface area contributed by atoms with Crippen LogP contribution in [0.2, 0.25) is 0 Å². The van der Waals surface area contributed by atoms with Crippen LogP contribution in [0.4, 0.5) is 13.2 Å². The molecule has 0 bridgehead atoms. The summed E-state index contributed by atoms with van der Waals surface area (Å²) in [6.07, 6.45) is -2.06. The number of nitrogens with zero attached hydrogens (tertiary/aromatic N) is 3. The van der Waals surface area contributed by atoms with Gasteiger partial charge in [0.2, 0.25) is 0 Å². The summed E-state index contributed by atoms with van der Waals surface area (Å²) in [5.41, 5.74) is 2.12. The fourth-order valence-electron chi connectivity index (χ4n) is 4.13. The largest absolute Gasteiger partial charge is 0.416 e. The van der Waals surface area contributed by atoms with Gasteiger partial charge in [-0.25, -0.2) is 13.1 Å². The minimum absolute atomic E-state index is 0.126. The number of para-hydroxylation sites is 1. The topological polar surface area (TPSA) is 55.2 Å². The summed E-state index contributed by atoms with van der Waals surface area (Å²) in [5, 5.41) is 4.48. The molecule has 1 atom stereocenters. The van der Waals surface area contributed by atoms with Gasteiger partial charge >= 0.3 is 6.18 Å². The molecule has 1 fully saturated rings. The predicted octanol–water partition coefficient (Wildman–Crippen LogP) is 4.50. The van der Waals surface area contributed by atoms with Crippen LogP contribution >= 0.6 is 0 Å². The molecular formula is C23H24F3N3O2S. The first kappa shape index (κ1) is 22.5. The molecule has 1 aromatic heterocycles. The van der Waals surface area contributed by atoms with Crippen molar-refractivity contribution in [2.75, 3.05) is 18.8 Å². The van der Waals surface area contributed by atoms with Gasteiger partial charge in [0.15, 0.2) is 9.84 Å². The molecule has 0 saturated carbocycles. The third kappa shape index (κ3) is 4.88. The molecule has 0 N–H and O–H groups in total. The van der Waals surface area contributed by atoms with Gasteiger partial charge in [0, 0.05) is 24.3 Å². The number of rotatable bonds is 6. The molecule has 0 radical (unpaired) electrons. The summed E-state index contributed by atoms with van der Waals surface area (Å²) in [7, 11) is -3.81. The molecular weight excluding hydrogens is 439 g/mol. The highest BCUT2D eigenvalue weighted by Crippen LogP contribution is 2.31. The number of hydrogen-bond acceptors (Lipinski definition) is 4. The number of alkyl halides is 3. The molecule has 2 aromatic carbocycles. The Kier molecular flexibility index (Phi) is 6.13. The minimum atomic E-state index is -4.57. The lowest BCUT2D eigenvalue weighted by molar-refractivity contribution is -0.137. The van der Waals surface area contributed by atoms with Crippen LogP contribution in [0.1, 0.15) is 23.2 Å². The lowest BCUT2D eigenvalue weighted by Gasteiger charge is -2.16. The highest BCUT2D eigenvalue weighted by molar-refractivity contribution is 7.91. The van der Waals surface area contributed by atoms with E-state index in [0.717, 1.165) is 41.7 Å². The summed E-state index contributed by atoms with van der Waals surface area (Å²) >= 11 is 0. The van der Waals surface area contributed by atoms with Crippen LogP contribution in [0, 0.1) is 12.8 Å². The van der Waals surface area contributed by atoms with E-state index in [2.05, 4.69) is 10.00 Å². The van der Waals surface area contributed by atoms with Gasteiger partial charge in [-0.3, -0.25) is 4.90 Å². The van der Waals surface area contributed by atoms with E-state index in [1.165, 1.54) is 6.07 Å². The predicted molar refractivity (Wildman–Crippen MR) is 115 cm³/mol. The van der Waals surface area contributed by atoms with Crippen LogP contribution in [-0.4, -0.2) is 41.9 Å². The van der Waals surface area contributed by atoms with Crippen LogP contribution in [0.25, 0.3) is 5.69 Å². The first-order valence-corrected chi connectivity index (χ1v) is 12.0. The van der Waals surface area contributed by atoms with Crippen molar-refractivity contribution in [3.63, 3.8) is 0 Å². The number of likely N-dealkylation sites (tertiary alicyclic amines) is 1. The van der Waals surface area contributed by atoms with E-state index >= 15 is 0 Å². The smallest absolute Gasteiger partial charge is 0.299 e. The molecule has 3 aromatic rings. The van der Waals surface area contributed by atoms with E-state index in [4.69, 9.17) is 0 Å². The summed E-state index contributed by atoms with van der Waals surface area (Å²) in [6, 6.07) is 13.8. The SMILES string of the molecule is Cc1c(CN2CC[C@@H](CS(=O)(=O)c3cccc(C(F)(F)F)c3)C2)cnn1-c1ccccc1. The normalized spacial score (nSPS) is 17.7. The molecule has 5 nitrogen and oxygen atoms in total. The van der Waals surface area contributed by atoms with E-state index in [0.29, 0.717) is 19.5 Å². The average molecular weight is 464 g/mol. The van der Waals surface area contributed by atoms with Crippen molar-refractivity contribution in [2.24, 2.45) is 5.92 Å². The van der Waals surface area contributed by atoms with E-state index in [-0.39, 0.29) is 16.6 Å². The second kappa shape index (κ2) is 8.71. The van der Waals surface area contributed by atoms with Crippen molar-refractivity contribution in [1.29, 1.82) is 0 Å². The average Bonchev–Trinajstić information content (AvgIpc) is 3.34. The molecule has 1 saturated heterocycles. The van der Waals surface area contributed by atoms with E-state index in [1.54, 1.807) is 0 Å². The Morgan fingerprint density at radius 3 is 2.56 bits per heavy atom. The highest BCUT2D eigenvalue weighted by Gasteiger charge is 2.33. The third-order valence-electron chi connectivity index (χ3n) is 5.85. The fourth-order valence-corrected chi connectivity index (χ4v) is 5.81. The molecule has 0 amide bonds. The summed E-state index contributed by atoms with van der Waals surface area (Å²) < 4.78 is 66.2. The van der Waals surface area contributed by atoms with Gasteiger partial charge in [0.1, 0.15) is 0 Å². The standard InChI is InChI=1S/C23H24F3N3O2S/c1-17-19(13-27-29(17)21-7-3-2-4-8-21)15-28-11-10-18(14-28)16-32(30,31)22-9-5-6-20(12-22)23(24,25)26/h2-9,12-13,18H,10-11,14-16H2,1H3/t18-/m1/s1. The molecule has 1 aliphatic rings.